The lowest BCUT2D eigenvalue weighted by Gasteiger charge is -2.11. The molecule has 0 saturated heterocycles. The highest BCUT2D eigenvalue weighted by molar-refractivity contribution is 7.89. The van der Waals surface area contributed by atoms with E-state index in [4.69, 9.17) is 4.74 Å². The number of nitrogens with one attached hydrogen (secondary N) is 1. The van der Waals surface area contributed by atoms with Gasteiger partial charge in [0, 0.05) is 5.39 Å². The first kappa shape index (κ1) is 11.9. The summed E-state index contributed by atoms with van der Waals surface area (Å²) < 4.78 is 31.4. The Morgan fingerprint density at radius 1 is 1.12 bits per heavy atom. The molecule has 5 heteroatoms. The topological polar surface area (TPSA) is 55.4 Å². The van der Waals surface area contributed by atoms with Crippen molar-refractivity contribution in [3.05, 3.63) is 36.4 Å². The second-order valence-corrected chi connectivity index (χ2v) is 5.35. The van der Waals surface area contributed by atoms with Crippen LogP contribution in [0.15, 0.2) is 41.3 Å². The maximum absolute atomic E-state index is 12.0. The van der Waals surface area contributed by atoms with Gasteiger partial charge >= 0.3 is 0 Å². The Labute approximate surface area is 100 Å². The average molecular weight is 251 g/mol. The number of ether oxygens (including phenoxy) is 1. The molecule has 0 bridgehead atoms. The quantitative estimate of drug-likeness (QED) is 0.904. The van der Waals surface area contributed by atoms with Crippen LogP contribution in [0.1, 0.15) is 0 Å². The zero-order chi connectivity index (χ0) is 12.5. The molecule has 1 N–H and O–H groups in total. The number of methoxy groups -OCH3 is 1. The van der Waals surface area contributed by atoms with Crippen molar-refractivity contribution in [3.8, 4) is 5.75 Å². The van der Waals surface area contributed by atoms with Gasteiger partial charge in [0.15, 0.2) is 0 Å². The number of hydrogen-bond acceptors (Lipinski definition) is 3. The fourth-order valence-corrected chi connectivity index (χ4v) is 2.86. The van der Waals surface area contributed by atoms with Crippen molar-refractivity contribution in [2.24, 2.45) is 0 Å². The first-order valence-corrected chi connectivity index (χ1v) is 6.58. The zero-order valence-electron chi connectivity index (χ0n) is 9.60. The van der Waals surface area contributed by atoms with Gasteiger partial charge in [0.1, 0.15) is 10.6 Å². The smallest absolute Gasteiger partial charge is 0.244 e. The SMILES string of the molecule is CNS(=O)(=O)c1c(OC)ccc2ccccc12. The van der Waals surface area contributed by atoms with Gasteiger partial charge in [-0.1, -0.05) is 30.3 Å². The summed E-state index contributed by atoms with van der Waals surface area (Å²) in [5.41, 5.74) is 0. The highest BCUT2D eigenvalue weighted by Gasteiger charge is 2.20. The summed E-state index contributed by atoms with van der Waals surface area (Å²) in [6.07, 6.45) is 0. The standard InChI is InChI=1S/C12H13NO3S/c1-13-17(14,15)12-10-6-4-3-5-9(10)7-8-11(12)16-2/h3-8,13H,1-2H3. The highest BCUT2D eigenvalue weighted by atomic mass is 32.2. The summed E-state index contributed by atoms with van der Waals surface area (Å²) in [7, 11) is -0.700. The first-order valence-electron chi connectivity index (χ1n) is 5.09. The Morgan fingerprint density at radius 2 is 1.82 bits per heavy atom. The minimum atomic E-state index is -3.54. The Hall–Kier alpha value is -1.59. The van der Waals surface area contributed by atoms with Crippen molar-refractivity contribution >= 4 is 20.8 Å². The van der Waals surface area contributed by atoms with Crippen LogP contribution < -0.4 is 9.46 Å². The predicted octanol–water partition coefficient (Wildman–Crippen LogP) is 1.76. The van der Waals surface area contributed by atoms with Crippen molar-refractivity contribution in [2.45, 2.75) is 4.90 Å². The van der Waals surface area contributed by atoms with Crippen LogP contribution in [0, 0.1) is 0 Å². The monoisotopic (exact) mass is 251 g/mol. The van der Waals surface area contributed by atoms with Gasteiger partial charge in [-0.05, 0) is 18.5 Å². The Balaban J connectivity index is 2.91. The molecule has 4 nitrogen and oxygen atoms in total. The van der Waals surface area contributed by atoms with E-state index < -0.39 is 10.0 Å². The lowest BCUT2D eigenvalue weighted by molar-refractivity contribution is 0.404. The van der Waals surface area contributed by atoms with E-state index >= 15 is 0 Å². The van der Waals surface area contributed by atoms with Crippen molar-refractivity contribution in [3.63, 3.8) is 0 Å². The van der Waals surface area contributed by atoms with Crippen LogP contribution in [0.5, 0.6) is 5.75 Å². The maximum atomic E-state index is 12.0. The minimum Gasteiger partial charge on any atom is -0.495 e. The molecule has 0 saturated carbocycles. The van der Waals surface area contributed by atoms with Crippen LogP contribution in [-0.2, 0) is 10.0 Å². The van der Waals surface area contributed by atoms with Crippen LogP contribution in [0.25, 0.3) is 10.8 Å². The summed E-state index contributed by atoms with van der Waals surface area (Å²) in [6, 6.07) is 10.8. The number of sulfonamides is 1. The van der Waals surface area contributed by atoms with Gasteiger partial charge in [-0.3, -0.25) is 0 Å². The molecule has 0 fully saturated rings. The molecule has 0 radical (unpaired) electrons. The third kappa shape index (κ3) is 1.99. The molecule has 0 unspecified atom stereocenters. The summed E-state index contributed by atoms with van der Waals surface area (Å²) in [4.78, 5) is 0.181. The molecular formula is C12H13NO3S. The van der Waals surface area contributed by atoms with Crippen LogP contribution >= 0.6 is 0 Å². The molecule has 2 aromatic carbocycles. The van der Waals surface area contributed by atoms with Gasteiger partial charge < -0.3 is 4.74 Å². The number of benzene rings is 2. The summed E-state index contributed by atoms with van der Waals surface area (Å²) in [5.74, 6) is 0.345. The molecule has 2 aromatic rings. The van der Waals surface area contributed by atoms with Gasteiger partial charge in [0.2, 0.25) is 10.0 Å². The molecule has 0 spiro atoms. The van der Waals surface area contributed by atoms with Crippen molar-refractivity contribution < 1.29 is 13.2 Å². The van der Waals surface area contributed by atoms with Crippen molar-refractivity contribution in [1.29, 1.82) is 0 Å². The summed E-state index contributed by atoms with van der Waals surface area (Å²) in [6.45, 7) is 0. The van der Waals surface area contributed by atoms with Gasteiger partial charge in [-0.25, -0.2) is 13.1 Å². The predicted molar refractivity (Wildman–Crippen MR) is 66.7 cm³/mol. The molecule has 0 aliphatic carbocycles. The zero-order valence-corrected chi connectivity index (χ0v) is 10.4. The van der Waals surface area contributed by atoms with Crippen LogP contribution in [0.2, 0.25) is 0 Å². The van der Waals surface area contributed by atoms with Crippen molar-refractivity contribution in [1.82, 2.24) is 4.72 Å². The van der Waals surface area contributed by atoms with E-state index in [0.29, 0.717) is 11.1 Å². The largest absolute Gasteiger partial charge is 0.495 e. The highest BCUT2D eigenvalue weighted by Crippen LogP contribution is 2.31. The fourth-order valence-electron chi connectivity index (χ4n) is 1.76. The maximum Gasteiger partial charge on any atom is 0.244 e. The van der Waals surface area contributed by atoms with Gasteiger partial charge in [-0.2, -0.15) is 0 Å². The third-order valence-corrected chi connectivity index (χ3v) is 4.10. The van der Waals surface area contributed by atoms with E-state index in [9.17, 15) is 8.42 Å². The van der Waals surface area contributed by atoms with Crippen LogP contribution in [0.3, 0.4) is 0 Å². The molecule has 0 aliphatic rings. The van der Waals surface area contributed by atoms with Gasteiger partial charge in [-0.15, -0.1) is 0 Å². The second kappa shape index (κ2) is 4.35. The summed E-state index contributed by atoms with van der Waals surface area (Å²) >= 11 is 0. The van der Waals surface area contributed by atoms with Crippen LogP contribution in [0.4, 0.5) is 0 Å². The lowest BCUT2D eigenvalue weighted by Crippen LogP contribution is -2.19. The molecule has 0 heterocycles. The number of hydrogen-bond donors (Lipinski definition) is 1. The van der Waals surface area contributed by atoms with E-state index in [1.54, 1.807) is 18.2 Å². The molecule has 0 aromatic heterocycles. The Bertz CT molecular complexity index is 650. The van der Waals surface area contributed by atoms with Gasteiger partial charge in [0.25, 0.3) is 0 Å². The van der Waals surface area contributed by atoms with E-state index in [1.807, 2.05) is 18.2 Å². The fraction of sp³-hybridized carbons (Fsp3) is 0.167. The van der Waals surface area contributed by atoms with E-state index in [0.717, 1.165) is 5.39 Å². The Kier molecular flexibility index (Phi) is 3.04. The molecule has 0 aliphatic heterocycles. The molecule has 0 atom stereocenters. The van der Waals surface area contributed by atoms with Crippen molar-refractivity contribution in [2.75, 3.05) is 14.2 Å². The average Bonchev–Trinajstić information content (AvgIpc) is 2.37. The third-order valence-electron chi connectivity index (χ3n) is 2.60. The van der Waals surface area contributed by atoms with E-state index in [1.165, 1.54) is 14.2 Å². The number of fused-ring (bicyclic) bond motifs is 1. The lowest BCUT2D eigenvalue weighted by atomic mass is 10.1. The normalized spacial score (nSPS) is 11.6. The molecule has 90 valence electrons. The minimum absolute atomic E-state index is 0.181. The van der Waals surface area contributed by atoms with Gasteiger partial charge in [0.05, 0.1) is 7.11 Å². The molecule has 17 heavy (non-hydrogen) atoms. The molecular weight excluding hydrogens is 238 g/mol. The van der Waals surface area contributed by atoms with E-state index in [-0.39, 0.29) is 4.90 Å². The first-order chi connectivity index (χ1) is 8.10. The summed E-state index contributed by atoms with van der Waals surface area (Å²) in [5, 5.41) is 1.52. The molecule has 2 rings (SSSR count). The molecule has 0 amide bonds. The second-order valence-electron chi connectivity index (χ2n) is 3.53. The van der Waals surface area contributed by atoms with E-state index in [2.05, 4.69) is 4.72 Å². The van der Waals surface area contributed by atoms with Crippen LogP contribution in [-0.4, -0.2) is 22.6 Å². The Morgan fingerprint density at radius 3 is 2.47 bits per heavy atom. The number of rotatable bonds is 3.